The standard InChI is InChI=1S/C29H30N4O5S/c1-39(36,37)31-23-12-10-22(11-13-23)26-20-33(19-21-6-3-2-4-7-21)29(35)25(28(26)34)18-24-8-5-9-27(30-24)32-14-16-38-17-15-32/h2-13,18,31,34H,14-17,19-20H2,1H3. The second-order valence-corrected chi connectivity index (χ2v) is 11.3. The molecule has 1 aromatic heterocycles. The molecule has 9 nitrogen and oxygen atoms in total. The lowest BCUT2D eigenvalue weighted by molar-refractivity contribution is -0.127. The minimum absolute atomic E-state index is 0.119. The van der Waals surface area contributed by atoms with Gasteiger partial charge in [0, 0.05) is 30.9 Å². The van der Waals surface area contributed by atoms with Crippen LogP contribution in [0.4, 0.5) is 11.5 Å². The molecule has 0 unspecified atom stereocenters. The fourth-order valence-electron chi connectivity index (χ4n) is 4.65. The average molecular weight is 547 g/mol. The molecule has 1 saturated heterocycles. The van der Waals surface area contributed by atoms with E-state index in [1.54, 1.807) is 41.3 Å². The summed E-state index contributed by atoms with van der Waals surface area (Å²) >= 11 is 0. The van der Waals surface area contributed by atoms with Crippen LogP contribution < -0.4 is 9.62 Å². The third-order valence-corrected chi connectivity index (χ3v) is 7.15. The third kappa shape index (κ3) is 6.47. The Balaban J connectivity index is 1.52. The van der Waals surface area contributed by atoms with E-state index in [1.165, 1.54) is 0 Å². The molecule has 3 aromatic rings. The van der Waals surface area contributed by atoms with Crippen molar-refractivity contribution in [3.8, 4) is 0 Å². The molecule has 2 aliphatic rings. The number of carbonyl (C=O) groups excluding carboxylic acids is 1. The number of aliphatic hydroxyl groups excluding tert-OH is 1. The van der Waals surface area contributed by atoms with Gasteiger partial charge in [-0.3, -0.25) is 9.52 Å². The first-order valence-corrected chi connectivity index (χ1v) is 14.5. The van der Waals surface area contributed by atoms with Gasteiger partial charge in [-0.1, -0.05) is 48.5 Å². The van der Waals surface area contributed by atoms with Gasteiger partial charge < -0.3 is 19.6 Å². The molecule has 0 saturated carbocycles. The number of pyridine rings is 1. The molecule has 0 aliphatic carbocycles. The normalized spacial score (nSPS) is 17.6. The summed E-state index contributed by atoms with van der Waals surface area (Å²) in [4.78, 5) is 22.2. The van der Waals surface area contributed by atoms with Crippen LogP contribution in [0.5, 0.6) is 0 Å². The summed E-state index contributed by atoms with van der Waals surface area (Å²) in [7, 11) is -3.42. The van der Waals surface area contributed by atoms with E-state index in [4.69, 9.17) is 9.72 Å². The molecule has 202 valence electrons. The number of carbonyl (C=O) groups is 1. The zero-order valence-corrected chi connectivity index (χ0v) is 22.4. The Kier molecular flexibility index (Phi) is 7.67. The predicted molar refractivity (Wildman–Crippen MR) is 152 cm³/mol. The van der Waals surface area contributed by atoms with Crippen LogP contribution in [0.3, 0.4) is 0 Å². The van der Waals surface area contributed by atoms with Crippen LogP contribution in [0.15, 0.2) is 84.1 Å². The van der Waals surface area contributed by atoms with E-state index in [9.17, 15) is 18.3 Å². The van der Waals surface area contributed by atoms with E-state index >= 15 is 0 Å². The number of ether oxygens (including phenoxy) is 1. The van der Waals surface area contributed by atoms with Gasteiger partial charge in [-0.2, -0.15) is 0 Å². The van der Waals surface area contributed by atoms with Crippen LogP contribution >= 0.6 is 0 Å². The Hall–Kier alpha value is -4.15. The maximum absolute atomic E-state index is 13.7. The molecule has 1 amide bonds. The highest BCUT2D eigenvalue weighted by atomic mass is 32.2. The smallest absolute Gasteiger partial charge is 0.258 e. The van der Waals surface area contributed by atoms with Crippen molar-refractivity contribution in [3.63, 3.8) is 0 Å². The van der Waals surface area contributed by atoms with Crippen molar-refractivity contribution in [3.05, 3.63) is 101 Å². The highest BCUT2D eigenvalue weighted by Crippen LogP contribution is 2.32. The average Bonchev–Trinajstić information content (AvgIpc) is 2.93. The maximum atomic E-state index is 13.7. The van der Waals surface area contributed by atoms with E-state index < -0.39 is 10.0 Å². The summed E-state index contributed by atoms with van der Waals surface area (Å²) in [5, 5.41) is 11.4. The molecule has 2 N–H and O–H groups in total. The van der Waals surface area contributed by atoms with Gasteiger partial charge >= 0.3 is 0 Å². The Morgan fingerprint density at radius 2 is 1.72 bits per heavy atom. The number of aromatic nitrogens is 1. The number of amides is 1. The molecule has 39 heavy (non-hydrogen) atoms. The van der Waals surface area contributed by atoms with Gasteiger partial charge in [0.15, 0.2) is 0 Å². The number of aliphatic hydroxyl groups is 1. The Morgan fingerprint density at radius 1 is 1.00 bits per heavy atom. The SMILES string of the molecule is CS(=O)(=O)Nc1ccc(C2=C(O)C(=Cc3cccc(N4CCOCC4)n3)C(=O)N(Cc3ccccc3)C2)cc1. The Bertz CT molecular complexity index is 1510. The van der Waals surface area contributed by atoms with E-state index in [0.29, 0.717) is 42.3 Å². The van der Waals surface area contributed by atoms with E-state index in [1.807, 2.05) is 42.5 Å². The first-order valence-electron chi connectivity index (χ1n) is 12.6. The van der Waals surface area contributed by atoms with Crippen molar-refractivity contribution in [1.29, 1.82) is 0 Å². The Labute approximate surface area is 228 Å². The topological polar surface area (TPSA) is 112 Å². The molecule has 0 atom stereocenters. The molecule has 5 rings (SSSR count). The third-order valence-electron chi connectivity index (χ3n) is 6.54. The minimum Gasteiger partial charge on any atom is -0.507 e. The summed E-state index contributed by atoms with van der Waals surface area (Å²) in [5.41, 5.74) is 3.32. The second kappa shape index (κ2) is 11.3. The van der Waals surface area contributed by atoms with Crippen LogP contribution in [0, 0.1) is 0 Å². The lowest BCUT2D eigenvalue weighted by Gasteiger charge is -2.31. The second-order valence-electron chi connectivity index (χ2n) is 9.50. The molecule has 10 heteroatoms. The van der Waals surface area contributed by atoms with Crippen molar-refractivity contribution in [2.75, 3.05) is 48.7 Å². The summed E-state index contributed by atoms with van der Waals surface area (Å²) in [5.74, 6) is 0.371. The van der Waals surface area contributed by atoms with E-state index in [2.05, 4.69) is 9.62 Å². The first kappa shape index (κ1) is 26.5. The van der Waals surface area contributed by atoms with Crippen LogP contribution in [-0.2, 0) is 26.1 Å². The van der Waals surface area contributed by atoms with Gasteiger partial charge in [0.05, 0.1) is 37.3 Å². The summed E-state index contributed by atoms with van der Waals surface area (Å²) < 4.78 is 31.1. The molecule has 0 radical (unpaired) electrons. The van der Waals surface area contributed by atoms with Gasteiger partial charge in [-0.05, 0) is 41.5 Å². The quantitative estimate of drug-likeness (QED) is 0.435. The van der Waals surface area contributed by atoms with E-state index in [-0.39, 0.29) is 23.8 Å². The molecular formula is C29H30N4O5S. The fourth-order valence-corrected chi connectivity index (χ4v) is 5.22. The lowest BCUT2D eigenvalue weighted by atomic mass is 9.94. The number of morpholine rings is 1. The number of nitrogens with one attached hydrogen (secondary N) is 1. The number of nitrogens with zero attached hydrogens (tertiary/aromatic N) is 3. The van der Waals surface area contributed by atoms with Crippen molar-refractivity contribution < 1.29 is 23.1 Å². The summed E-state index contributed by atoms with van der Waals surface area (Å²) in [6.45, 7) is 3.28. The number of rotatable bonds is 7. The number of hydrogen-bond acceptors (Lipinski definition) is 7. The van der Waals surface area contributed by atoms with Crippen molar-refractivity contribution >= 4 is 39.1 Å². The van der Waals surface area contributed by atoms with E-state index in [0.717, 1.165) is 30.7 Å². The largest absolute Gasteiger partial charge is 0.507 e. The summed E-state index contributed by atoms with van der Waals surface area (Å²) in [6, 6.07) is 22.0. The number of benzene rings is 2. The highest BCUT2D eigenvalue weighted by Gasteiger charge is 2.31. The highest BCUT2D eigenvalue weighted by molar-refractivity contribution is 7.92. The Morgan fingerprint density at radius 3 is 2.41 bits per heavy atom. The number of anilines is 2. The molecule has 2 aliphatic heterocycles. The first-order chi connectivity index (χ1) is 18.8. The molecule has 2 aromatic carbocycles. The number of sulfonamides is 1. The van der Waals surface area contributed by atoms with Gasteiger partial charge in [-0.25, -0.2) is 13.4 Å². The van der Waals surface area contributed by atoms with Crippen LogP contribution in [0.1, 0.15) is 16.8 Å². The lowest BCUT2D eigenvalue weighted by Crippen LogP contribution is -2.38. The van der Waals surface area contributed by atoms with Gasteiger partial charge in [0.25, 0.3) is 5.91 Å². The molecule has 0 spiro atoms. The zero-order valence-electron chi connectivity index (χ0n) is 21.6. The van der Waals surface area contributed by atoms with Crippen molar-refractivity contribution in [1.82, 2.24) is 9.88 Å². The van der Waals surface area contributed by atoms with Crippen LogP contribution in [0.25, 0.3) is 11.6 Å². The molecule has 0 bridgehead atoms. The fraction of sp³-hybridized carbons (Fsp3) is 0.241. The molecule has 1 fully saturated rings. The maximum Gasteiger partial charge on any atom is 0.258 e. The van der Waals surface area contributed by atoms with Gasteiger partial charge in [0.1, 0.15) is 11.6 Å². The predicted octanol–water partition coefficient (Wildman–Crippen LogP) is 3.68. The number of hydrogen-bond donors (Lipinski definition) is 2. The monoisotopic (exact) mass is 546 g/mol. The van der Waals surface area contributed by atoms with Crippen molar-refractivity contribution in [2.24, 2.45) is 0 Å². The van der Waals surface area contributed by atoms with Crippen LogP contribution in [0.2, 0.25) is 0 Å². The summed E-state index contributed by atoms with van der Waals surface area (Å²) in [6.07, 6.45) is 2.71. The molecular weight excluding hydrogens is 516 g/mol. The van der Waals surface area contributed by atoms with Crippen LogP contribution in [-0.4, -0.2) is 68.4 Å². The van der Waals surface area contributed by atoms with Crippen molar-refractivity contribution in [2.45, 2.75) is 6.54 Å². The molecule has 3 heterocycles. The minimum atomic E-state index is -3.42. The zero-order chi connectivity index (χ0) is 27.4. The van der Waals surface area contributed by atoms with Gasteiger partial charge in [-0.15, -0.1) is 0 Å². The van der Waals surface area contributed by atoms with Gasteiger partial charge in [0.2, 0.25) is 10.0 Å².